The van der Waals surface area contributed by atoms with E-state index in [1.807, 2.05) is 0 Å². The molecule has 3 N–H and O–H groups in total. The molecule has 0 bridgehead atoms. The molecule has 0 saturated heterocycles. The number of benzene rings is 2. The molecule has 1 aromatic heterocycles. The monoisotopic (exact) mass is 356 g/mol. The number of amides is 2. The van der Waals surface area contributed by atoms with Gasteiger partial charge in [-0.25, -0.2) is 13.2 Å². The number of rotatable bonds is 5. The first-order chi connectivity index (χ1) is 12.1. The number of anilines is 1. The number of hydrogen-bond acceptors (Lipinski definition) is 4. The number of sulfone groups is 1. The van der Waals surface area contributed by atoms with Gasteiger partial charge in [0.05, 0.1) is 21.7 Å². The van der Waals surface area contributed by atoms with Crippen LogP contribution in [0.1, 0.15) is 5.56 Å². The van der Waals surface area contributed by atoms with Crippen LogP contribution < -0.4 is 10.6 Å². The van der Waals surface area contributed by atoms with Crippen LogP contribution in [0.2, 0.25) is 0 Å². The van der Waals surface area contributed by atoms with Gasteiger partial charge in [0, 0.05) is 18.3 Å². The zero-order valence-corrected chi connectivity index (χ0v) is 14.0. The average Bonchev–Trinajstić information content (AvgIpc) is 3.15. The molecule has 0 fully saturated rings. The first-order valence-corrected chi connectivity index (χ1v) is 8.97. The Morgan fingerprint density at radius 2 is 1.76 bits per heavy atom. The summed E-state index contributed by atoms with van der Waals surface area (Å²) in [5.41, 5.74) is 1.02. The Bertz CT molecular complexity index is 955. The highest BCUT2D eigenvalue weighted by Gasteiger charge is 2.21. The number of aromatic nitrogens is 2. The van der Waals surface area contributed by atoms with Crippen molar-refractivity contribution in [2.24, 2.45) is 0 Å². The Morgan fingerprint density at radius 3 is 2.48 bits per heavy atom. The number of hydrogen-bond donors (Lipinski definition) is 3. The summed E-state index contributed by atoms with van der Waals surface area (Å²) in [6.07, 6.45) is 3.25. The average molecular weight is 356 g/mol. The maximum atomic E-state index is 12.8. The fourth-order valence-corrected chi connectivity index (χ4v) is 3.69. The van der Waals surface area contributed by atoms with Gasteiger partial charge in [-0.3, -0.25) is 5.10 Å². The Morgan fingerprint density at radius 1 is 1.04 bits per heavy atom. The zero-order valence-electron chi connectivity index (χ0n) is 13.1. The fourth-order valence-electron chi connectivity index (χ4n) is 2.25. The molecule has 2 aromatic carbocycles. The van der Waals surface area contributed by atoms with Gasteiger partial charge in [-0.05, 0) is 24.3 Å². The van der Waals surface area contributed by atoms with Gasteiger partial charge in [-0.15, -0.1) is 0 Å². The van der Waals surface area contributed by atoms with E-state index in [0.29, 0.717) is 0 Å². The number of aromatic amines is 1. The van der Waals surface area contributed by atoms with Gasteiger partial charge >= 0.3 is 6.03 Å². The van der Waals surface area contributed by atoms with Crippen molar-refractivity contribution in [2.45, 2.75) is 16.3 Å². The van der Waals surface area contributed by atoms with Crippen molar-refractivity contribution in [3.05, 3.63) is 72.6 Å². The normalized spacial score (nSPS) is 11.0. The third-order valence-corrected chi connectivity index (χ3v) is 5.31. The van der Waals surface area contributed by atoms with Gasteiger partial charge < -0.3 is 10.6 Å². The molecule has 25 heavy (non-hydrogen) atoms. The lowest BCUT2D eigenvalue weighted by molar-refractivity contribution is 0.251. The Labute approximate surface area is 145 Å². The molecule has 8 heteroatoms. The van der Waals surface area contributed by atoms with E-state index in [1.54, 1.807) is 48.8 Å². The molecular formula is C17H16N4O3S. The summed E-state index contributed by atoms with van der Waals surface area (Å²) >= 11 is 0. The number of urea groups is 1. The van der Waals surface area contributed by atoms with E-state index in [1.165, 1.54) is 18.2 Å². The van der Waals surface area contributed by atoms with E-state index in [0.717, 1.165) is 5.56 Å². The van der Waals surface area contributed by atoms with Gasteiger partial charge in [0.1, 0.15) is 0 Å². The summed E-state index contributed by atoms with van der Waals surface area (Å²) < 4.78 is 25.6. The van der Waals surface area contributed by atoms with Gasteiger partial charge in [0.15, 0.2) is 0 Å². The molecule has 0 unspecified atom stereocenters. The van der Waals surface area contributed by atoms with Crippen molar-refractivity contribution < 1.29 is 13.2 Å². The fraction of sp³-hybridized carbons (Fsp3) is 0.0588. The van der Waals surface area contributed by atoms with Gasteiger partial charge in [0.25, 0.3) is 0 Å². The maximum Gasteiger partial charge on any atom is 0.319 e. The van der Waals surface area contributed by atoms with E-state index in [2.05, 4.69) is 20.8 Å². The Kier molecular flexibility index (Phi) is 4.80. The molecule has 0 spiro atoms. The van der Waals surface area contributed by atoms with Crippen molar-refractivity contribution in [3.63, 3.8) is 0 Å². The predicted molar refractivity (Wildman–Crippen MR) is 92.8 cm³/mol. The number of H-pyrrole nitrogens is 1. The number of carbonyl (C=O) groups excluding carboxylic acids is 1. The summed E-state index contributed by atoms with van der Waals surface area (Å²) in [7, 11) is -3.73. The largest absolute Gasteiger partial charge is 0.334 e. The molecule has 1 heterocycles. The van der Waals surface area contributed by atoms with Crippen LogP contribution in [0, 0.1) is 0 Å². The molecule has 0 saturated carbocycles. The molecule has 0 aliphatic rings. The molecule has 3 rings (SSSR count). The van der Waals surface area contributed by atoms with Gasteiger partial charge in [0.2, 0.25) is 9.84 Å². The second kappa shape index (κ2) is 7.18. The standard InChI is InChI=1S/C17H16N4O3S/c22-17(18-10-13-11-19-20-12-13)21-15-8-4-5-9-16(15)25(23,24)14-6-2-1-3-7-14/h1-9,11-12H,10H2,(H,19,20)(H2,18,21,22). The molecule has 0 aliphatic carbocycles. The highest BCUT2D eigenvalue weighted by molar-refractivity contribution is 7.91. The van der Waals surface area contributed by atoms with Crippen LogP contribution >= 0.6 is 0 Å². The van der Waals surface area contributed by atoms with Crippen molar-refractivity contribution in [3.8, 4) is 0 Å². The minimum Gasteiger partial charge on any atom is -0.334 e. The second-order valence-electron chi connectivity index (χ2n) is 5.23. The smallest absolute Gasteiger partial charge is 0.319 e. The van der Waals surface area contributed by atoms with Crippen LogP contribution in [-0.2, 0) is 16.4 Å². The number of carbonyl (C=O) groups is 1. The molecule has 0 aliphatic heterocycles. The first kappa shape index (κ1) is 16.7. The minimum atomic E-state index is -3.73. The Hall–Kier alpha value is -3.13. The lowest BCUT2D eigenvalue weighted by Crippen LogP contribution is -2.28. The molecule has 2 amide bonds. The maximum absolute atomic E-state index is 12.8. The predicted octanol–water partition coefficient (Wildman–Crippen LogP) is 2.56. The van der Waals surface area contributed by atoms with Gasteiger partial charge in [-0.1, -0.05) is 30.3 Å². The van der Waals surface area contributed by atoms with Crippen LogP contribution in [0.5, 0.6) is 0 Å². The van der Waals surface area contributed by atoms with Crippen LogP contribution in [0.25, 0.3) is 0 Å². The van der Waals surface area contributed by atoms with Crippen LogP contribution in [0.4, 0.5) is 10.5 Å². The summed E-state index contributed by atoms with van der Waals surface area (Å²) in [6, 6.07) is 13.9. The van der Waals surface area contributed by atoms with Crippen molar-refractivity contribution in [2.75, 3.05) is 5.32 Å². The third kappa shape index (κ3) is 3.86. The first-order valence-electron chi connectivity index (χ1n) is 7.49. The van der Waals surface area contributed by atoms with Crippen molar-refractivity contribution >= 4 is 21.6 Å². The lowest BCUT2D eigenvalue weighted by atomic mass is 10.3. The molecule has 7 nitrogen and oxygen atoms in total. The molecule has 3 aromatic rings. The zero-order chi connectivity index (χ0) is 17.7. The number of nitrogens with one attached hydrogen (secondary N) is 3. The Balaban J connectivity index is 1.80. The van der Waals surface area contributed by atoms with Crippen LogP contribution in [-0.4, -0.2) is 24.6 Å². The van der Waals surface area contributed by atoms with E-state index >= 15 is 0 Å². The quantitative estimate of drug-likeness (QED) is 0.653. The van der Waals surface area contributed by atoms with Crippen LogP contribution in [0.3, 0.4) is 0 Å². The third-order valence-electron chi connectivity index (χ3n) is 3.49. The number of para-hydroxylation sites is 1. The van der Waals surface area contributed by atoms with E-state index < -0.39 is 15.9 Å². The summed E-state index contributed by atoms with van der Waals surface area (Å²) in [5.74, 6) is 0. The lowest BCUT2D eigenvalue weighted by Gasteiger charge is -2.12. The van der Waals surface area contributed by atoms with Crippen LogP contribution in [0.15, 0.2) is 76.8 Å². The summed E-state index contributed by atoms with van der Waals surface area (Å²) in [6.45, 7) is 0.274. The van der Waals surface area contributed by atoms with E-state index in [4.69, 9.17) is 0 Å². The van der Waals surface area contributed by atoms with Crippen molar-refractivity contribution in [1.82, 2.24) is 15.5 Å². The van der Waals surface area contributed by atoms with Crippen molar-refractivity contribution in [1.29, 1.82) is 0 Å². The van der Waals surface area contributed by atoms with E-state index in [9.17, 15) is 13.2 Å². The second-order valence-corrected chi connectivity index (χ2v) is 7.14. The minimum absolute atomic E-state index is 0.0414. The van der Waals surface area contributed by atoms with E-state index in [-0.39, 0.29) is 22.0 Å². The highest BCUT2D eigenvalue weighted by atomic mass is 32.2. The molecule has 0 atom stereocenters. The number of nitrogens with zero attached hydrogens (tertiary/aromatic N) is 1. The summed E-state index contributed by atoms with van der Waals surface area (Å²) in [4.78, 5) is 12.3. The highest BCUT2D eigenvalue weighted by Crippen LogP contribution is 2.27. The molecule has 128 valence electrons. The summed E-state index contributed by atoms with van der Waals surface area (Å²) in [5, 5.41) is 11.7. The molecule has 0 radical (unpaired) electrons. The topological polar surface area (TPSA) is 104 Å². The van der Waals surface area contributed by atoms with Gasteiger partial charge in [-0.2, -0.15) is 5.10 Å². The molecular weight excluding hydrogens is 340 g/mol. The SMILES string of the molecule is O=C(NCc1cn[nH]c1)Nc1ccccc1S(=O)(=O)c1ccccc1.